The number of nitrogens with zero attached hydrogens (tertiary/aromatic N) is 1. The van der Waals surface area contributed by atoms with Crippen LogP contribution in [0.2, 0.25) is 0 Å². The van der Waals surface area contributed by atoms with Crippen LogP contribution < -0.4 is 5.73 Å². The highest BCUT2D eigenvalue weighted by atomic mass is 16.5. The minimum Gasteiger partial charge on any atom is -0.368 e. The molecule has 1 rings (SSSR count). The Kier molecular flexibility index (Phi) is 4.72. The first-order chi connectivity index (χ1) is 7.15. The molecule has 0 aliphatic carbocycles. The molecule has 1 aromatic heterocycles. The summed E-state index contributed by atoms with van der Waals surface area (Å²) in [5, 5.41) is 0. The van der Waals surface area contributed by atoms with Crippen LogP contribution in [-0.2, 0) is 4.74 Å². The fourth-order valence-electron chi connectivity index (χ4n) is 1.44. The molecule has 0 amide bonds. The molecule has 1 heterocycles. The van der Waals surface area contributed by atoms with E-state index in [2.05, 4.69) is 11.9 Å². The fourth-order valence-corrected chi connectivity index (χ4v) is 1.44. The normalized spacial score (nSPS) is 15.3. The highest BCUT2D eigenvalue weighted by Crippen LogP contribution is 2.21. The van der Waals surface area contributed by atoms with Crippen molar-refractivity contribution in [2.75, 3.05) is 0 Å². The monoisotopic (exact) mass is 208 g/mol. The molecule has 84 valence electrons. The van der Waals surface area contributed by atoms with Gasteiger partial charge >= 0.3 is 0 Å². The van der Waals surface area contributed by atoms with Crippen LogP contribution in [0.25, 0.3) is 0 Å². The summed E-state index contributed by atoms with van der Waals surface area (Å²) in [7, 11) is 0. The molecule has 1 aromatic rings. The maximum atomic E-state index is 6.03. The van der Waals surface area contributed by atoms with E-state index in [1.807, 2.05) is 32.0 Å². The number of rotatable bonds is 5. The van der Waals surface area contributed by atoms with Gasteiger partial charge in [0.2, 0.25) is 0 Å². The van der Waals surface area contributed by atoms with Crippen molar-refractivity contribution in [3.63, 3.8) is 0 Å². The number of nitrogens with two attached hydrogens (primary N) is 1. The zero-order valence-corrected chi connectivity index (χ0v) is 9.68. The molecule has 0 saturated carbocycles. The average molecular weight is 208 g/mol. The summed E-state index contributed by atoms with van der Waals surface area (Å²) < 4.78 is 5.80. The second-order valence-electron chi connectivity index (χ2n) is 3.93. The van der Waals surface area contributed by atoms with Crippen molar-refractivity contribution in [1.82, 2.24) is 4.98 Å². The third-order valence-electron chi connectivity index (χ3n) is 2.26. The zero-order chi connectivity index (χ0) is 11.3. The predicted molar refractivity (Wildman–Crippen MR) is 61.5 cm³/mol. The Morgan fingerprint density at radius 2 is 2.13 bits per heavy atom. The highest BCUT2D eigenvalue weighted by Gasteiger charge is 2.21. The van der Waals surface area contributed by atoms with Crippen LogP contribution >= 0.6 is 0 Å². The lowest BCUT2D eigenvalue weighted by atomic mass is 10.1. The predicted octanol–water partition coefficient (Wildman–Crippen LogP) is 2.29. The molecular formula is C12H20N2O. The summed E-state index contributed by atoms with van der Waals surface area (Å²) in [4.78, 5) is 4.30. The Morgan fingerprint density at radius 3 is 2.60 bits per heavy atom. The molecule has 0 spiro atoms. The van der Waals surface area contributed by atoms with Crippen molar-refractivity contribution in [1.29, 1.82) is 0 Å². The zero-order valence-electron chi connectivity index (χ0n) is 9.68. The lowest BCUT2D eigenvalue weighted by Crippen LogP contribution is -2.31. The molecule has 0 aromatic carbocycles. The first kappa shape index (κ1) is 12.1. The average Bonchev–Trinajstić information content (AvgIpc) is 2.26. The van der Waals surface area contributed by atoms with Gasteiger partial charge in [-0.1, -0.05) is 13.0 Å². The largest absolute Gasteiger partial charge is 0.368 e. The lowest BCUT2D eigenvalue weighted by Gasteiger charge is -2.24. The Labute approximate surface area is 91.7 Å². The molecule has 2 N–H and O–H groups in total. The van der Waals surface area contributed by atoms with Gasteiger partial charge in [-0.05, 0) is 32.4 Å². The van der Waals surface area contributed by atoms with Gasteiger partial charge in [0.25, 0.3) is 0 Å². The number of aromatic nitrogens is 1. The molecule has 3 nitrogen and oxygen atoms in total. The summed E-state index contributed by atoms with van der Waals surface area (Å²) in [5.41, 5.74) is 6.95. The van der Waals surface area contributed by atoms with E-state index in [0.29, 0.717) is 0 Å². The van der Waals surface area contributed by atoms with Crippen LogP contribution in [-0.4, -0.2) is 17.1 Å². The van der Waals surface area contributed by atoms with Crippen molar-refractivity contribution < 1.29 is 4.74 Å². The molecule has 2 unspecified atom stereocenters. The van der Waals surface area contributed by atoms with Crippen LogP contribution in [0.3, 0.4) is 0 Å². The quantitative estimate of drug-likeness (QED) is 0.807. The maximum absolute atomic E-state index is 6.03. The standard InChI is InChI=1S/C12H20N2O/c1-4-10(13)12(15-9(2)3)11-7-5-6-8-14-11/h5-10,12H,4,13H2,1-3H3. The van der Waals surface area contributed by atoms with Gasteiger partial charge in [-0.25, -0.2) is 0 Å². The summed E-state index contributed by atoms with van der Waals surface area (Å²) in [5.74, 6) is 0. The van der Waals surface area contributed by atoms with Crippen LogP contribution in [0.1, 0.15) is 39.0 Å². The second kappa shape index (κ2) is 5.83. The Hall–Kier alpha value is -0.930. The van der Waals surface area contributed by atoms with E-state index in [4.69, 9.17) is 10.5 Å². The van der Waals surface area contributed by atoms with E-state index in [9.17, 15) is 0 Å². The molecule has 0 bridgehead atoms. The van der Waals surface area contributed by atoms with Crippen molar-refractivity contribution in [2.24, 2.45) is 5.73 Å². The number of ether oxygens (including phenoxy) is 1. The second-order valence-corrected chi connectivity index (χ2v) is 3.93. The summed E-state index contributed by atoms with van der Waals surface area (Å²) in [6, 6.07) is 5.82. The Balaban J connectivity index is 2.81. The summed E-state index contributed by atoms with van der Waals surface area (Å²) in [6.07, 6.45) is 2.72. The number of pyridine rings is 1. The van der Waals surface area contributed by atoms with Crippen LogP contribution in [0.15, 0.2) is 24.4 Å². The van der Waals surface area contributed by atoms with Gasteiger partial charge in [0.15, 0.2) is 0 Å². The Bertz CT molecular complexity index is 274. The molecule has 15 heavy (non-hydrogen) atoms. The summed E-state index contributed by atoms with van der Waals surface area (Å²) in [6.45, 7) is 6.08. The maximum Gasteiger partial charge on any atom is 0.115 e. The van der Waals surface area contributed by atoms with Gasteiger partial charge < -0.3 is 10.5 Å². The number of hydrogen-bond donors (Lipinski definition) is 1. The van der Waals surface area contributed by atoms with Gasteiger partial charge in [0, 0.05) is 12.2 Å². The van der Waals surface area contributed by atoms with Gasteiger partial charge in [-0.3, -0.25) is 4.98 Å². The first-order valence-corrected chi connectivity index (χ1v) is 5.47. The molecular weight excluding hydrogens is 188 g/mol. The third kappa shape index (κ3) is 3.61. The molecule has 2 atom stereocenters. The van der Waals surface area contributed by atoms with E-state index in [-0.39, 0.29) is 18.2 Å². The first-order valence-electron chi connectivity index (χ1n) is 5.47. The third-order valence-corrected chi connectivity index (χ3v) is 2.26. The van der Waals surface area contributed by atoms with E-state index in [0.717, 1.165) is 12.1 Å². The molecule has 0 fully saturated rings. The fraction of sp³-hybridized carbons (Fsp3) is 0.583. The molecule has 0 saturated heterocycles. The van der Waals surface area contributed by atoms with Gasteiger partial charge in [-0.15, -0.1) is 0 Å². The molecule has 3 heteroatoms. The van der Waals surface area contributed by atoms with Crippen molar-refractivity contribution >= 4 is 0 Å². The van der Waals surface area contributed by atoms with Gasteiger partial charge in [-0.2, -0.15) is 0 Å². The van der Waals surface area contributed by atoms with Crippen LogP contribution in [0.5, 0.6) is 0 Å². The van der Waals surface area contributed by atoms with E-state index < -0.39 is 0 Å². The van der Waals surface area contributed by atoms with Crippen LogP contribution in [0.4, 0.5) is 0 Å². The Morgan fingerprint density at radius 1 is 1.40 bits per heavy atom. The lowest BCUT2D eigenvalue weighted by molar-refractivity contribution is -0.0114. The van der Waals surface area contributed by atoms with Crippen molar-refractivity contribution in [3.8, 4) is 0 Å². The molecule has 0 radical (unpaired) electrons. The smallest absolute Gasteiger partial charge is 0.115 e. The topological polar surface area (TPSA) is 48.1 Å². The molecule has 0 aliphatic heterocycles. The molecule has 0 aliphatic rings. The van der Waals surface area contributed by atoms with Crippen molar-refractivity contribution in [3.05, 3.63) is 30.1 Å². The van der Waals surface area contributed by atoms with Gasteiger partial charge in [0.05, 0.1) is 11.8 Å². The van der Waals surface area contributed by atoms with E-state index in [1.165, 1.54) is 0 Å². The van der Waals surface area contributed by atoms with Crippen LogP contribution in [0, 0.1) is 0 Å². The minimum atomic E-state index is -0.101. The number of hydrogen-bond acceptors (Lipinski definition) is 3. The van der Waals surface area contributed by atoms with E-state index in [1.54, 1.807) is 6.20 Å². The summed E-state index contributed by atoms with van der Waals surface area (Å²) >= 11 is 0. The van der Waals surface area contributed by atoms with Gasteiger partial charge in [0.1, 0.15) is 6.10 Å². The van der Waals surface area contributed by atoms with Crippen molar-refractivity contribution in [2.45, 2.75) is 45.4 Å². The highest BCUT2D eigenvalue weighted by molar-refractivity contribution is 5.09. The van der Waals surface area contributed by atoms with E-state index >= 15 is 0 Å². The SMILES string of the molecule is CCC(N)C(OC(C)C)c1ccccn1. The minimum absolute atomic E-state index is 0.00213.